The molecule has 4 aromatic rings. The minimum Gasteiger partial charge on any atom is -0.494 e. The molecule has 12 nitrogen and oxygen atoms in total. The number of amides is 4. The summed E-state index contributed by atoms with van der Waals surface area (Å²) in [6.07, 6.45) is 2.55. The number of methoxy groups -OCH3 is 1. The third-order valence-electron chi connectivity index (χ3n) is 7.17. The number of ether oxygens (including phenoxy) is 1. The molecule has 1 saturated heterocycles. The Morgan fingerprint density at radius 3 is 2.58 bits per heavy atom. The Balaban J connectivity index is 1.39. The van der Waals surface area contributed by atoms with Crippen LogP contribution in [0.25, 0.3) is 0 Å². The highest BCUT2D eigenvalue weighted by Crippen LogP contribution is 2.34. The maximum Gasteiger partial charge on any atom is 0.328 e. The van der Waals surface area contributed by atoms with E-state index in [2.05, 4.69) is 37.4 Å². The predicted octanol–water partition coefficient (Wildman–Crippen LogP) is 5.13. The Bertz CT molecular complexity index is 1670. The Morgan fingerprint density at radius 1 is 1.04 bits per heavy atom. The molecular weight excluding hydrogens is 592 g/mol. The zero-order valence-corrected chi connectivity index (χ0v) is 25.8. The van der Waals surface area contributed by atoms with E-state index in [0.29, 0.717) is 54.1 Å². The fourth-order valence-electron chi connectivity index (χ4n) is 4.86. The Hall–Kier alpha value is -5.43. The molecule has 2 aromatic carbocycles. The fourth-order valence-corrected chi connectivity index (χ4v) is 5.50. The fraction of sp³-hybridized carbons (Fsp3) is 0.219. The van der Waals surface area contributed by atoms with Gasteiger partial charge in [0.2, 0.25) is 11.8 Å². The van der Waals surface area contributed by atoms with Gasteiger partial charge in [0.1, 0.15) is 23.7 Å². The molecule has 0 saturated carbocycles. The normalized spacial score (nSPS) is 12.7. The van der Waals surface area contributed by atoms with Gasteiger partial charge in [-0.25, -0.2) is 19.7 Å². The van der Waals surface area contributed by atoms with Gasteiger partial charge in [-0.05, 0) is 47.9 Å². The molecule has 5 rings (SSSR count). The van der Waals surface area contributed by atoms with E-state index in [1.165, 1.54) is 17.3 Å². The molecule has 0 atom stereocenters. The largest absolute Gasteiger partial charge is 0.494 e. The average Bonchev–Trinajstić information content (AvgIpc) is 3.58. The van der Waals surface area contributed by atoms with E-state index in [1.54, 1.807) is 55.7 Å². The molecule has 3 heterocycles. The third kappa shape index (κ3) is 7.75. The van der Waals surface area contributed by atoms with Gasteiger partial charge >= 0.3 is 6.03 Å². The van der Waals surface area contributed by atoms with Crippen molar-refractivity contribution in [3.63, 3.8) is 0 Å². The lowest BCUT2D eigenvalue weighted by Crippen LogP contribution is -2.48. The van der Waals surface area contributed by atoms with Crippen molar-refractivity contribution in [1.82, 2.24) is 20.2 Å². The standard InChI is InChI=1S/C32H34N8O4S/c1-4-31(42)36-23-7-5-8-25(17-23)40(32(43)33-20-26-9-6-16-45-26)30-19-29(34-21-35-30)37-27-11-10-24(18-28(27)44-3)39-14-12-38(13-15-39)22(2)41/h4-11,16-19,21H,1,12-15,20H2,2-3H3,(H,33,43)(H,36,42)(H,34,35,37). The second-order valence-corrected chi connectivity index (χ2v) is 11.1. The lowest BCUT2D eigenvalue weighted by atomic mass is 10.2. The molecule has 0 aliphatic carbocycles. The number of hydrogen-bond acceptors (Lipinski definition) is 9. The molecule has 0 unspecified atom stereocenters. The number of carbonyl (C=O) groups excluding carboxylic acids is 3. The Kier molecular flexibility index (Phi) is 9.90. The number of urea groups is 1. The van der Waals surface area contributed by atoms with Crippen LogP contribution in [0.1, 0.15) is 11.8 Å². The average molecular weight is 627 g/mol. The molecule has 0 radical (unpaired) electrons. The Labute approximate surface area is 265 Å². The van der Waals surface area contributed by atoms with Gasteiger partial charge in [0, 0.05) is 61.5 Å². The highest BCUT2D eigenvalue weighted by atomic mass is 32.1. The highest BCUT2D eigenvalue weighted by molar-refractivity contribution is 7.09. The minimum atomic E-state index is -0.410. The maximum absolute atomic E-state index is 13.6. The number of piperazine rings is 1. The van der Waals surface area contributed by atoms with Crippen LogP contribution < -0.4 is 30.5 Å². The molecule has 0 bridgehead atoms. The molecule has 0 spiro atoms. The molecule has 13 heteroatoms. The monoisotopic (exact) mass is 626 g/mol. The molecular formula is C32H34N8O4S. The lowest BCUT2D eigenvalue weighted by molar-refractivity contribution is -0.129. The number of nitrogens with one attached hydrogen (secondary N) is 3. The van der Waals surface area contributed by atoms with Crippen LogP contribution in [0.5, 0.6) is 5.75 Å². The van der Waals surface area contributed by atoms with Gasteiger partial charge in [-0.2, -0.15) is 0 Å². The quantitative estimate of drug-likeness (QED) is 0.207. The number of carbonyl (C=O) groups is 3. The highest BCUT2D eigenvalue weighted by Gasteiger charge is 2.22. The van der Waals surface area contributed by atoms with Crippen LogP contribution in [-0.4, -0.2) is 66.0 Å². The summed E-state index contributed by atoms with van der Waals surface area (Å²) in [4.78, 5) is 52.6. The number of anilines is 6. The zero-order valence-electron chi connectivity index (χ0n) is 25.0. The zero-order chi connectivity index (χ0) is 31.8. The smallest absolute Gasteiger partial charge is 0.328 e. The number of aromatic nitrogens is 2. The van der Waals surface area contributed by atoms with Gasteiger partial charge in [-0.1, -0.05) is 18.7 Å². The van der Waals surface area contributed by atoms with Gasteiger partial charge in [-0.15, -0.1) is 11.3 Å². The summed E-state index contributed by atoms with van der Waals surface area (Å²) in [5.74, 6) is 1.07. The first-order valence-electron chi connectivity index (χ1n) is 14.3. The molecule has 3 N–H and O–H groups in total. The molecule has 1 fully saturated rings. The van der Waals surface area contributed by atoms with Gasteiger partial charge in [-0.3, -0.25) is 9.59 Å². The summed E-state index contributed by atoms with van der Waals surface area (Å²) >= 11 is 1.54. The van der Waals surface area contributed by atoms with Crippen molar-refractivity contribution in [1.29, 1.82) is 0 Å². The molecule has 232 valence electrons. The summed E-state index contributed by atoms with van der Waals surface area (Å²) < 4.78 is 5.70. The van der Waals surface area contributed by atoms with E-state index in [0.717, 1.165) is 23.7 Å². The first-order valence-corrected chi connectivity index (χ1v) is 15.1. The van der Waals surface area contributed by atoms with Crippen molar-refractivity contribution in [2.24, 2.45) is 0 Å². The van der Waals surface area contributed by atoms with E-state index in [4.69, 9.17) is 4.74 Å². The van der Waals surface area contributed by atoms with Crippen LogP contribution in [0.3, 0.4) is 0 Å². The number of rotatable bonds is 10. The third-order valence-corrected chi connectivity index (χ3v) is 8.05. The van der Waals surface area contributed by atoms with Crippen molar-refractivity contribution in [2.45, 2.75) is 13.5 Å². The van der Waals surface area contributed by atoms with E-state index < -0.39 is 6.03 Å². The van der Waals surface area contributed by atoms with Gasteiger partial charge < -0.3 is 30.5 Å². The molecule has 1 aliphatic heterocycles. The summed E-state index contributed by atoms with van der Waals surface area (Å²) in [5.41, 5.74) is 2.64. The SMILES string of the molecule is C=CC(=O)Nc1cccc(N(C(=O)NCc2cccs2)c2cc(Nc3ccc(N4CCN(C(C)=O)CC4)cc3OC)ncn2)c1. The van der Waals surface area contributed by atoms with Crippen LogP contribution in [0.15, 0.2) is 85.0 Å². The lowest BCUT2D eigenvalue weighted by Gasteiger charge is -2.35. The number of hydrogen-bond donors (Lipinski definition) is 3. The van der Waals surface area contributed by atoms with E-state index >= 15 is 0 Å². The molecule has 2 aromatic heterocycles. The van der Waals surface area contributed by atoms with Crippen LogP contribution >= 0.6 is 11.3 Å². The van der Waals surface area contributed by atoms with Crippen molar-refractivity contribution < 1.29 is 19.1 Å². The first-order chi connectivity index (χ1) is 21.8. The summed E-state index contributed by atoms with van der Waals surface area (Å²) in [5, 5.41) is 10.9. The summed E-state index contributed by atoms with van der Waals surface area (Å²) in [6, 6.07) is 17.8. The topological polar surface area (TPSA) is 132 Å². The van der Waals surface area contributed by atoms with E-state index in [1.807, 2.05) is 40.6 Å². The molecule has 45 heavy (non-hydrogen) atoms. The van der Waals surface area contributed by atoms with Crippen molar-refractivity contribution in [2.75, 3.05) is 53.7 Å². The maximum atomic E-state index is 13.6. The van der Waals surface area contributed by atoms with Crippen molar-refractivity contribution >= 4 is 63.6 Å². The first kappa shape index (κ1) is 31.0. The van der Waals surface area contributed by atoms with E-state index in [-0.39, 0.29) is 11.8 Å². The van der Waals surface area contributed by atoms with Crippen LogP contribution in [-0.2, 0) is 16.1 Å². The summed E-state index contributed by atoms with van der Waals surface area (Å²) in [7, 11) is 1.60. The van der Waals surface area contributed by atoms with Gasteiger partial charge in [0.25, 0.3) is 0 Å². The number of thiophene rings is 1. The second-order valence-electron chi connectivity index (χ2n) is 10.1. The van der Waals surface area contributed by atoms with Crippen molar-refractivity contribution in [3.8, 4) is 5.75 Å². The van der Waals surface area contributed by atoms with Crippen LogP contribution in [0, 0.1) is 0 Å². The number of nitrogens with zero attached hydrogens (tertiary/aromatic N) is 5. The molecule has 1 aliphatic rings. The Morgan fingerprint density at radius 2 is 1.87 bits per heavy atom. The minimum absolute atomic E-state index is 0.0849. The molecule has 4 amide bonds. The second kappa shape index (κ2) is 14.4. The predicted molar refractivity (Wildman–Crippen MR) is 177 cm³/mol. The van der Waals surface area contributed by atoms with Crippen LogP contribution in [0.2, 0.25) is 0 Å². The summed E-state index contributed by atoms with van der Waals surface area (Å²) in [6.45, 7) is 8.23. The van der Waals surface area contributed by atoms with Crippen LogP contribution in [0.4, 0.5) is 39.2 Å². The van der Waals surface area contributed by atoms with Gasteiger partial charge in [0.05, 0.1) is 25.0 Å². The van der Waals surface area contributed by atoms with Crippen molar-refractivity contribution in [3.05, 3.63) is 89.9 Å². The van der Waals surface area contributed by atoms with Gasteiger partial charge in [0.15, 0.2) is 0 Å². The van der Waals surface area contributed by atoms with E-state index in [9.17, 15) is 14.4 Å². The number of benzene rings is 2.